The number of hydrogen-bond donors (Lipinski definition) is 4. The lowest BCUT2D eigenvalue weighted by Gasteiger charge is -2.28. The number of rotatable bonds is 18. The van der Waals surface area contributed by atoms with E-state index in [1.54, 1.807) is 60.7 Å². The second kappa shape index (κ2) is 19.1. The molecule has 16 heteroatoms. The maximum absolute atomic E-state index is 14.0. The molecule has 4 aromatic rings. The molecule has 15 nitrogen and oxygen atoms in total. The van der Waals surface area contributed by atoms with Crippen LogP contribution in [0, 0.1) is 0 Å². The minimum atomic E-state index is -4.36. The molecule has 0 fully saturated rings. The molecule has 2 aromatic carbocycles. The molecule has 2 aromatic heterocycles. The molecule has 0 aliphatic heterocycles. The van der Waals surface area contributed by atoms with Crippen LogP contribution in [-0.2, 0) is 24.5 Å². The highest BCUT2D eigenvalue weighted by molar-refractivity contribution is 7.85. The minimum Gasteiger partial charge on any atom is -0.481 e. The van der Waals surface area contributed by atoms with Gasteiger partial charge in [0.2, 0.25) is 5.91 Å². The molecule has 0 saturated heterocycles. The van der Waals surface area contributed by atoms with Crippen molar-refractivity contribution < 1.29 is 46.1 Å². The van der Waals surface area contributed by atoms with Gasteiger partial charge in [0.25, 0.3) is 21.9 Å². The number of furan rings is 1. The Hall–Kier alpha value is -6.26. The second-order valence-corrected chi connectivity index (χ2v) is 14.7. The van der Waals surface area contributed by atoms with E-state index in [9.17, 15) is 42.0 Å². The van der Waals surface area contributed by atoms with Crippen molar-refractivity contribution >= 4 is 61.4 Å². The number of allylic oxidation sites excluding steroid dienone is 6. The average Bonchev–Trinajstić information content (AvgIpc) is 3.58. The Morgan fingerprint density at radius 2 is 1.51 bits per heavy atom. The summed E-state index contributed by atoms with van der Waals surface area (Å²) in [6, 6.07) is 12.1. The highest BCUT2D eigenvalue weighted by atomic mass is 32.2. The zero-order valence-electron chi connectivity index (χ0n) is 31.5. The van der Waals surface area contributed by atoms with E-state index in [0.29, 0.717) is 16.4 Å². The number of carboxylic acid groups (broad SMARTS) is 1. The topological polar surface area (TPSA) is 217 Å². The summed E-state index contributed by atoms with van der Waals surface area (Å²) in [5.74, 6) is -3.54. The van der Waals surface area contributed by atoms with E-state index in [1.807, 2.05) is 32.0 Å². The van der Waals surface area contributed by atoms with Crippen LogP contribution in [0.4, 0.5) is 5.69 Å². The van der Waals surface area contributed by atoms with Crippen LogP contribution in [-0.4, -0.2) is 91.2 Å². The van der Waals surface area contributed by atoms with Crippen LogP contribution in [0.15, 0.2) is 110 Å². The Bertz CT molecular complexity index is 2440. The number of nitrogens with zero attached hydrogens (tertiary/aromatic N) is 2. The Morgan fingerprint density at radius 1 is 0.825 bits per heavy atom. The lowest BCUT2D eigenvalue weighted by molar-refractivity contribution is -0.138. The lowest BCUT2D eigenvalue weighted by Crippen LogP contribution is -2.54. The summed E-state index contributed by atoms with van der Waals surface area (Å²) in [7, 11) is -4.36. The zero-order chi connectivity index (χ0) is 41.1. The van der Waals surface area contributed by atoms with Crippen LogP contribution in [0.1, 0.15) is 43.5 Å². The van der Waals surface area contributed by atoms with Gasteiger partial charge in [0, 0.05) is 72.8 Å². The number of carbonyl (C=O) groups is 4. The van der Waals surface area contributed by atoms with Crippen LogP contribution in [0.3, 0.4) is 0 Å². The minimum absolute atomic E-state index is 0.0158. The number of benzene rings is 2. The molecule has 1 aliphatic rings. The van der Waals surface area contributed by atoms with E-state index in [0.717, 1.165) is 18.8 Å². The predicted molar refractivity (Wildman–Crippen MR) is 216 cm³/mol. The van der Waals surface area contributed by atoms with Gasteiger partial charge < -0.3 is 34.4 Å². The van der Waals surface area contributed by atoms with Crippen molar-refractivity contribution in [2.75, 3.05) is 43.4 Å². The summed E-state index contributed by atoms with van der Waals surface area (Å²) in [6.45, 7) is 4.97. The van der Waals surface area contributed by atoms with E-state index < -0.39 is 51.2 Å². The van der Waals surface area contributed by atoms with Crippen LogP contribution < -0.4 is 21.2 Å². The molecule has 0 bridgehead atoms. The largest absolute Gasteiger partial charge is 0.481 e. The van der Waals surface area contributed by atoms with E-state index >= 15 is 0 Å². The molecule has 57 heavy (non-hydrogen) atoms. The van der Waals surface area contributed by atoms with E-state index in [4.69, 9.17) is 8.83 Å². The van der Waals surface area contributed by atoms with Gasteiger partial charge in [-0.25, -0.2) is 4.79 Å². The maximum atomic E-state index is 14.0. The Kier molecular flexibility index (Phi) is 14.0. The Labute approximate surface area is 328 Å². The van der Waals surface area contributed by atoms with Gasteiger partial charge in [-0.15, -0.1) is 0 Å². The summed E-state index contributed by atoms with van der Waals surface area (Å²) >= 11 is 0. The third-order valence-electron chi connectivity index (χ3n) is 9.18. The summed E-state index contributed by atoms with van der Waals surface area (Å²) in [4.78, 5) is 68.6. The molecule has 3 amide bonds. The van der Waals surface area contributed by atoms with Crippen molar-refractivity contribution in [3.8, 4) is 11.3 Å². The molecule has 300 valence electrons. The molecule has 4 N–H and O–H groups in total. The van der Waals surface area contributed by atoms with Crippen molar-refractivity contribution in [1.29, 1.82) is 0 Å². The number of hydrogen-bond acceptors (Lipinski definition) is 10. The third kappa shape index (κ3) is 11.4. The van der Waals surface area contributed by atoms with Crippen molar-refractivity contribution in [1.82, 2.24) is 15.5 Å². The SMILES string of the molecule is CCN(CC)c1ccc2cc(-c3cc4ccc(C(=O)NC(CNC(=O)C5=C/C=C\C=C/C=C\5)C(=O)N(CCCC(=O)O)CCCS(=O)(=O)O)cc4o3)c(=O)oc2c1. The summed E-state index contributed by atoms with van der Waals surface area (Å²) in [5, 5.41) is 15.8. The van der Waals surface area contributed by atoms with Gasteiger partial charge >= 0.3 is 11.6 Å². The molecular formula is C41H44N4O11S. The maximum Gasteiger partial charge on any atom is 0.347 e. The number of nitrogens with one attached hydrogen (secondary N) is 2. The first-order valence-electron chi connectivity index (χ1n) is 18.4. The molecule has 2 heterocycles. The monoisotopic (exact) mass is 800 g/mol. The van der Waals surface area contributed by atoms with E-state index in [1.165, 1.54) is 17.0 Å². The second-order valence-electron chi connectivity index (χ2n) is 13.2. The van der Waals surface area contributed by atoms with Crippen molar-refractivity contribution in [2.24, 2.45) is 0 Å². The highest BCUT2D eigenvalue weighted by Crippen LogP contribution is 2.30. The van der Waals surface area contributed by atoms with Gasteiger partial charge in [-0.05, 0) is 75.2 Å². The predicted octanol–water partition coefficient (Wildman–Crippen LogP) is 4.85. The molecule has 1 aliphatic carbocycles. The average molecular weight is 801 g/mol. The van der Waals surface area contributed by atoms with E-state index in [-0.39, 0.29) is 66.9 Å². The van der Waals surface area contributed by atoms with Gasteiger partial charge in [0.05, 0.1) is 5.75 Å². The van der Waals surface area contributed by atoms with Crippen LogP contribution in [0.25, 0.3) is 33.3 Å². The lowest BCUT2D eigenvalue weighted by atomic mass is 10.1. The van der Waals surface area contributed by atoms with Gasteiger partial charge in [-0.1, -0.05) is 36.4 Å². The molecular weight excluding hydrogens is 757 g/mol. The summed E-state index contributed by atoms with van der Waals surface area (Å²) in [6.07, 6.45) is 11.2. The molecule has 1 atom stereocenters. The summed E-state index contributed by atoms with van der Waals surface area (Å²) in [5.41, 5.74) is 1.52. The smallest absolute Gasteiger partial charge is 0.347 e. The highest BCUT2D eigenvalue weighted by Gasteiger charge is 2.28. The number of anilines is 1. The van der Waals surface area contributed by atoms with Crippen molar-refractivity contribution in [3.05, 3.63) is 113 Å². The van der Waals surface area contributed by atoms with Crippen LogP contribution in [0.5, 0.6) is 0 Å². The fraction of sp³-hybridized carbons (Fsp3) is 0.293. The standard InChI is InChI=1S/C41H44N4O11S/c1-3-44(4-2)31-18-17-28-22-32(41(51)56-35(28)25-31)36-23-29-15-16-30(24-34(29)55-36)39(49)43-33(26-42-38(48)27-12-8-6-5-7-9-13-27)40(50)45(19-10-14-37(46)47)20-11-21-57(52,53)54/h5-9,12-13,15-18,22-25,33H,3-4,10-11,14,19-21,26H2,1-2H3,(H,42,48)(H,43,49)(H,46,47)(H,52,53,54)/b6-5-,7-5?,8-6?,9-7-,12-8-,13-9?,27-12?,27-13+. The number of aliphatic carboxylic acids is 1. The molecule has 0 spiro atoms. The normalized spacial score (nSPS) is 15.7. The first-order valence-corrected chi connectivity index (χ1v) is 20.0. The quantitative estimate of drug-likeness (QED) is 0.0785. The van der Waals surface area contributed by atoms with Gasteiger partial charge in [-0.3, -0.25) is 23.7 Å². The van der Waals surface area contributed by atoms with Gasteiger partial charge in [0.1, 0.15) is 28.5 Å². The third-order valence-corrected chi connectivity index (χ3v) is 9.99. The number of carbonyl (C=O) groups excluding carboxylic acids is 3. The number of amides is 3. The van der Waals surface area contributed by atoms with E-state index in [2.05, 4.69) is 15.5 Å². The first-order chi connectivity index (χ1) is 27.3. The van der Waals surface area contributed by atoms with Crippen LogP contribution >= 0.6 is 0 Å². The zero-order valence-corrected chi connectivity index (χ0v) is 32.3. The first kappa shape index (κ1) is 41.9. The van der Waals surface area contributed by atoms with Crippen LogP contribution in [0.2, 0.25) is 0 Å². The summed E-state index contributed by atoms with van der Waals surface area (Å²) < 4.78 is 43.8. The Balaban J connectivity index is 1.40. The molecule has 1 unspecified atom stereocenters. The molecule has 5 rings (SSSR count). The van der Waals surface area contributed by atoms with Gasteiger partial charge in [-0.2, -0.15) is 8.42 Å². The van der Waals surface area contributed by atoms with Gasteiger partial charge in [0.15, 0.2) is 0 Å². The molecule has 0 radical (unpaired) electrons. The number of fused-ring (bicyclic) bond motifs is 2. The fourth-order valence-electron chi connectivity index (χ4n) is 6.23. The molecule has 0 saturated carbocycles. The van der Waals surface area contributed by atoms with Crippen molar-refractivity contribution in [3.63, 3.8) is 0 Å². The Morgan fingerprint density at radius 3 is 2.25 bits per heavy atom. The number of carboxylic acids is 1. The van der Waals surface area contributed by atoms with Crippen molar-refractivity contribution in [2.45, 2.75) is 39.2 Å². The fourth-order valence-corrected chi connectivity index (χ4v) is 6.72.